The highest BCUT2D eigenvalue weighted by atomic mass is 35.5. The molecular weight excluding hydrogens is 360 g/mol. The van der Waals surface area contributed by atoms with E-state index in [9.17, 15) is 17.6 Å². The number of unbranched alkanes of at least 4 members (excludes halogenated alkanes) is 2. The van der Waals surface area contributed by atoms with Crippen LogP contribution in [-0.2, 0) is 0 Å². The molecule has 0 atom stereocenters. The van der Waals surface area contributed by atoms with Crippen LogP contribution in [-0.4, -0.2) is 30.5 Å². The molecule has 1 nitrogen and oxygen atoms in total. The average molecular weight is 377 g/mol. The minimum absolute atomic E-state index is 0.0425. The maximum absolute atomic E-state index is 13.7. The van der Waals surface area contributed by atoms with Gasteiger partial charge in [-0.15, -0.1) is 11.8 Å². The first kappa shape index (κ1) is 19.8. The third kappa shape index (κ3) is 7.83. The number of hydrogen-bond donors (Lipinski definition) is 0. The Morgan fingerprint density at radius 2 is 1.91 bits per heavy atom. The SMILES string of the molecule is CSCCCCCOc1cc(SCC(F)(F)F)c(Cl)cc1F. The molecule has 0 aliphatic rings. The fourth-order valence-electron chi connectivity index (χ4n) is 1.60. The Kier molecular flexibility index (Phi) is 8.79. The molecule has 0 aliphatic carbocycles. The number of rotatable bonds is 9. The first-order valence-corrected chi connectivity index (χ1v) is 9.39. The average Bonchev–Trinajstić information content (AvgIpc) is 2.42. The molecule has 0 N–H and O–H groups in total. The van der Waals surface area contributed by atoms with Crippen molar-refractivity contribution in [1.29, 1.82) is 0 Å². The van der Waals surface area contributed by atoms with Crippen molar-refractivity contribution in [3.8, 4) is 5.75 Å². The van der Waals surface area contributed by atoms with Crippen LogP contribution in [0.25, 0.3) is 0 Å². The largest absolute Gasteiger partial charge is 0.490 e. The van der Waals surface area contributed by atoms with Gasteiger partial charge in [0.1, 0.15) is 0 Å². The maximum atomic E-state index is 13.7. The van der Waals surface area contributed by atoms with Gasteiger partial charge in [-0.3, -0.25) is 0 Å². The Hall–Kier alpha value is -0.270. The normalized spacial score (nSPS) is 11.7. The number of ether oxygens (including phenoxy) is 1. The molecule has 0 heterocycles. The summed E-state index contributed by atoms with van der Waals surface area (Å²) in [5, 5.41) is -0.0425. The van der Waals surface area contributed by atoms with Gasteiger partial charge < -0.3 is 4.74 Å². The van der Waals surface area contributed by atoms with Crippen LogP contribution in [0.3, 0.4) is 0 Å². The van der Waals surface area contributed by atoms with Crippen molar-refractivity contribution in [2.24, 2.45) is 0 Å². The second-order valence-corrected chi connectivity index (χ2v) is 6.93. The molecule has 0 saturated carbocycles. The van der Waals surface area contributed by atoms with Crippen molar-refractivity contribution in [1.82, 2.24) is 0 Å². The topological polar surface area (TPSA) is 9.23 Å². The van der Waals surface area contributed by atoms with Crippen LogP contribution >= 0.6 is 35.1 Å². The maximum Gasteiger partial charge on any atom is 0.398 e. The first-order chi connectivity index (χ1) is 10.3. The van der Waals surface area contributed by atoms with Gasteiger partial charge in [0.05, 0.1) is 17.4 Å². The number of thioether (sulfide) groups is 2. The predicted octanol–water partition coefficient (Wildman–Crippen LogP) is 6.05. The van der Waals surface area contributed by atoms with Crippen LogP contribution in [0.5, 0.6) is 5.75 Å². The lowest BCUT2D eigenvalue weighted by Crippen LogP contribution is -2.10. The molecule has 1 rings (SSSR count). The lowest BCUT2D eigenvalue weighted by Gasteiger charge is -2.11. The smallest absolute Gasteiger partial charge is 0.398 e. The van der Waals surface area contributed by atoms with Crippen LogP contribution in [0.2, 0.25) is 5.02 Å². The summed E-state index contributed by atoms with van der Waals surface area (Å²) in [5.41, 5.74) is 0. The molecule has 22 heavy (non-hydrogen) atoms. The molecule has 1 aromatic rings. The molecule has 0 aliphatic heterocycles. The Morgan fingerprint density at radius 3 is 2.55 bits per heavy atom. The van der Waals surface area contributed by atoms with Crippen molar-refractivity contribution >= 4 is 35.1 Å². The third-order valence-electron chi connectivity index (χ3n) is 2.63. The van der Waals surface area contributed by atoms with Crippen LogP contribution < -0.4 is 4.74 Å². The van der Waals surface area contributed by atoms with E-state index in [1.807, 2.05) is 6.26 Å². The highest BCUT2D eigenvalue weighted by molar-refractivity contribution is 7.99. The Balaban J connectivity index is 2.55. The van der Waals surface area contributed by atoms with Crippen molar-refractivity contribution in [3.63, 3.8) is 0 Å². The van der Waals surface area contributed by atoms with Crippen LogP contribution in [0.15, 0.2) is 17.0 Å². The molecule has 0 amide bonds. The van der Waals surface area contributed by atoms with Gasteiger partial charge in [-0.25, -0.2) is 4.39 Å². The van der Waals surface area contributed by atoms with Crippen LogP contribution in [0, 0.1) is 5.82 Å². The summed E-state index contributed by atoms with van der Waals surface area (Å²) in [6.07, 6.45) is 0.514. The van der Waals surface area contributed by atoms with Gasteiger partial charge in [0, 0.05) is 4.90 Å². The van der Waals surface area contributed by atoms with Gasteiger partial charge in [0.2, 0.25) is 0 Å². The van der Waals surface area contributed by atoms with Crippen molar-refractivity contribution in [3.05, 3.63) is 23.0 Å². The molecule has 0 radical (unpaired) electrons. The summed E-state index contributed by atoms with van der Waals surface area (Å²) in [6, 6.07) is 2.22. The molecule has 1 aromatic carbocycles. The molecule has 0 saturated heterocycles. The highest BCUT2D eigenvalue weighted by Crippen LogP contribution is 2.36. The molecule has 0 spiro atoms. The van der Waals surface area contributed by atoms with Crippen molar-refractivity contribution in [2.75, 3.05) is 24.4 Å². The molecule has 0 bridgehead atoms. The van der Waals surface area contributed by atoms with Gasteiger partial charge in [0.15, 0.2) is 11.6 Å². The molecule has 126 valence electrons. The second kappa shape index (κ2) is 9.78. The zero-order valence-electron chi connectivity index (χ0n) is 12.0. The molecule has 0 fully saturated rings. The van der Waals surface area contributed by atoms with Crippen LogP contribution in [0.1, 0.15) is 19.3 Å². The number of benzene rings is 1. The minimum atomic E-state index is -4.30. The van der Waals surface area contributed by atoms with Crippen molar-refractivity contribution in [2.45, 2.75) is 30.3 Å². The van der Waals surface area contributed by atoms with Gasteiger partial charge in [-0.1, -0.05) is 11.6 Å². The summed E-state index contributed by atoms with van der Waals surface area (Å²) < 4.78 is 55.7. The highest BCUT2D eigenvalue weighted by Gasteiger charge is 2.28. The summed E-state index contributed by atoms with van der Waals surface area (Å²) in [6.45, 7) is 0.330. The lowest BCUT2D eigenvalue weighted by atomic mass is 10.2. The van der Waals surface area contributed by atoms with E-state index >= 15 is 0 Å². The van der Waals surface area contributed by atoms with Crippen molar-refractivity contribution < 1.29 is 22.3 Å². The number of halogens is 5. The summed E-state index contributed by atoms with van der Waals surface area (Å²) in [5.74, 6) is -0.732. The molecule has 8 heteroatoms. The summed E-state index contributed by atoms with van der Waals surface area (Å²) in [7, 11) is 0. The Labute approximate surface area is 141 Å². The van der Waals surface area contributed by atoms with E-state index in [1.165, 1.54) is 6.07 Å². The van der Waals surface area contributed by atoms with E-state index in [0.717, 1.165) is 31.1 Å². The van der Waals surface area contributed by atoms with Crippen LogP contribution in [0.4, 0.5) is 17.6 Å². The zero-order valence-corrected chi connectivity index (χ0v) is 14.4. The predicted molar refractivity (Wildman–Crippen MR) is 85.9 cm³/mol. The Morgan fingerprint density at radius 1 is 1.18 bits per heavy atom. The monoisotopic (exact) mass is 376 g/mol. The third-order valence-corrected chi connectivity index (χ3v) is 4.87. The van der Waals surface area contributed by atoms with E-state index in [4.69, 9.17) is 16.3 Å². The minimum Gasteiger partial charge on any atom is -0.490 e. The number of hydrogen-bond acceptors (Lipinski definition) is 3. The van der Waals surface area contributed by atoms with E-state index in [-0.39, 0.29) is 15.7 Å². The summed E-state index contributed by atoms with van der Waals surface area (Å²) in [4.78, 5) is 0.165. The van der Waals surface area contributed by atoms with E-state index < -0.39 is 17.7 Å². The molecule has 0 aromatic heterocycles. The molecule has 0 unspecified atom stereocenters. The Bertz CT molecular complexity index is 469. The van der Waals surface area contributed by atoms with Gasteiger partial charge in [-0.05, 0) is 43.4 Å². The van der Waals surface area contributed by atoms with E-state index in [2.05, 4.69) is 0 Å². The fraction of sp³-hybridized carbons (Fsp3) is 0.571. The number of alkyl halides is 3. The zero-order chi connectivity index (χ0) is 16.6. The molecular formula is C14H17ClF4OS2. The van der Waals surface area contributed by atoms with E-state index in [0.29, 0.717) is 18.4 Å². The fourth-order valence-corrected chi connectivity index (χ4v) is 3.11. The van der Waals surface area contributed by atoms with Gasteiger partial charge >= 0.3 is 6.18 Å². The summed E-state index contributed by atoms with van der Waals surface area (Å²) >= 11 is 8.04. The second-order valence-electron chi connectivity index (χ2n) is 4.52. The standard InChI is InChI=1S/C14H17ClF4OS2/c1-21-6-4-2-3-5-20-12-8-13(10(15)7-11(12)16)22-9-14(17,18)19/h7-8H,2-6,9H2,1H3. The van der Waals surface area contributed by atoms with Gasteiger partial charge in [0.25, 0.3) is 0 Å². The van der Waals surface area contributed by atoms with Gasteiger partial charge in [-0.2, -0.15) is 24.9 Å². The lowest BCUT2D eigenvalue weighted by molar-refractivity contribution is -0.105. The van der Waals surface area contributed by atoms with E-state index in [1.54, 1.807) is 11.8 Å². The quantitative estimate of drug-likeness (QED) is 0.295. The first-order valence-electron chi connectivity index (χ1n) is 6.64.